The van der Waals surface area contributed by atoms with E-state index in [1.165, 1.54) is 4.90 Å². The number of aliphatic hydroxyl groups excluding tert-OH is 1. The lowest BCUT2D eigenvalue weighted by molar-refractivity contribution is -0.132. The van der Waals surface area contributed by atoms with E-state index in [4.69, 9.17) is 4.74 Å². The zero-order valence-corrected chi connectivity index (χ0v) is 20.5. The van der Waals surface area contributed by atoms with Gasteiger partial charge in [0.2, 0.25) is 0 Å². The molecule has 2 heterocycles. The Hall–Kier alpha value is -3.93. The van der Waals surface area contributed by atoms with Crippen molar-refractivity contribution in [1.82, 2.24) is 4.98 Å². The molecular formula is C29H30N2O4. The molecule has 35 heavy (non-hydrogen) atoms. The molecule has 0 radical (unpaired) electrons. The second kappa shape index (κ2) is 10.1. The maximum atomic E-state index is 13.3. The lowest BCUT2D eigenvalue weighted by Gasteiger charge is -2.24. The lowest BCUT2D eigenvalue weighted by atomic mass is 9.93. The number of Topliss-reactive ketones (excluding diaryl/α,β-unsaturated/α-hetero) is 1. The average molecular weight is 471 g/mol. The van der Waals surface area contributed by atoms with Gasteiger partial charge in [0, 0.05) is 11.8 Å². The number of ketones is 1. The molecule has 1 amide bonds. The number of benzene rings is 2. The fourth-order valence-electron chi connectivity index (χ4n) is 4.27. The van der Waals surface area contributed by atoms with Crippen molar-refractivity contribution in [2.45, 2.75) is 46.1 Å². The van der Waals surface area contributed by atoms with Gasteiger partial charge in [-0.1, -0.05) is 51.1 Å². The topological polar surface area (TPSA) is 79.7 Å². The molecule has 1 aromatic heterocycles. The van der Waals surface area contributed by atoms with E-state index < -0.39 is 17.7 Å². The first-order valence-corrected chi connectivity index (χ1v) is 11.9. The highest BCUT2D eigenvalue weighted by molar-refractivity contribution is 6.51. The number of ether oxygens (including phenoxy) is 1. The quantitative estimate of drug-likeness (QED) is 0.263. The minimum atomic E-state index is -0.803. The maximum Gasteiger partial charge on any atom is 0.301 e. The second-order valence-corrected chi connectivity index (χ2v) is 9.01. The van der Waals surface area contributed by atoms with E-state index in [0.29, 0.717) is 23.9 Å². The van der Waals surface area contributed by atoms with Gasteiger partial charge < -0.3 is 9.84 Å². The average Bonchev–Trinajstić information content (AvgIpc) is 3.13. The van der Waals surface area contributed by atoms with Gasteiger partial charge in [-0.3, -0.25) is 14.5 Å². The van der Waals surface area contributed by atoms with Crippen molar-refractivity contribution in [3.63, 3.8) is 0 Å². The Labute approximate surface area is 205 Å². The van der Waals surface area contributed by atoms with Gasteiger partial charge in [0.05, 0.1) is 18.2 Å². The van der Waals surface area contributed by atoms with E-state index in [-0.39, 0.29) is 11.3 Å². The number of rotatable bonds is 7. The van der Waals surface area contributed by atoms with E-state index in [9.17, 15) is 14.7 Å². The summed E-state index contributed by atoms with van der Waals surface area (Å²) in [4.78, 5) is 32.2. The third-order valence-electron chi connectivity index (χ3n) is 6.17. The Bertz CT molecular complexity index is 1260. The largest absolute Gasteiger partial charge is 0.507 e. The first kappa shape index (κ1) is 24.2. The SMILES string of the molecule is CCCOc1ccc(/C(O)=C2/C(=O)C(=O)N(c3ccccn3)C2c2ccc(C(C)C)cc2)cc1C. The molecule has 4 rings (SSSR count). The number of carbonyl (C=O) groups excluding carboxylic acids is 2. The first-order chi connectivity index (χ1) is 16.8. The highest BCUT2D eigenvalue weighted by Gasteiger charge is 2.47. The van der Waals surface area contributed by atoms with Crippen molar-refractivity contribution < 1.29 is 19.4 Å². The van der Waals surface area contributed by atoms with Crippen LogP contribution in [0.15, 0.2) is 72.4 Å². The van der Waals surface area contributed by atoms with E-state index in [0.717, 1.165) is 28.9 Å². The van der Waals surface area contributed by atoms with E-state index in [2.05, 4.69) is 18.8 Å². The molecule has 0 saturated carbocycles. The van der Waals surface area contributed by atoms with Gasteiger partial charge in [-0.05, 0) is 66.3 Å². The van der Waals surface area contributed by atoms with Crippen molar-refractivity contribution >= 4 is 23.3 Å². The number of pyridine rings is 1. The molecule has 2 aromatic carbocycles. The fraction of sp³-hybridized carbons (Fsp3) is 0.276. The number of hydrogen-bond donors (Lipinski definition) is 1. The smallest absolute Gasteiger partial charge is 0.301 e. The predicted octanol–water partition coefficient (Wildman–Crippen LogP) is 5.93. The van der Waals surface area contributed by atoms with Crippen LogP contribution in [0.5, 0.6) is 5.75 Å². The molecule has 0 spiro atoms. The third kappa shape index (κ3) is 4.69. The van der Waals surface area contributed by atoms with Crippen LogP contribution in [0, 0.1) is 6.92 Å². The van der Waals surface area contributed by atoms with Crippen LogP contribution >= 0.6 is 0 Å². The van der Waals surface area contributed by atoms with Gasteiger partial charge in [0.15, 0.2) is 0 Å². The minimum absolute atomic E-state index is 0.0413. The highest BCUT2D eigenvalue weighted by Crippen LogP contribution is 2.42. The molecule has 180 valence electrons. The molecule has 1 atom stereocenters. The van der Waals surface area contributed by atoms with Crippen LogP contribution in [0.2, 0.25) is 0 Å². The third-order valence-corrected chi connectivity index (χ3v) is 6.17. The van der Waals surface area contributed by atoms with E-state index in [1.807, 2.05) is 38.1 Å². The Morgan fingerprint density at radius 2 is 1.83 bits per heavy atom. The Morgan fingerprint density at radius 3 is 2.43 bits per heavy atom. The molecule has 0 bridgehead atoms. The van der Waals surface area contributed by atoms with Gasteiger partial charge in [-0.15, -0.1) is 0 Å². The van der Waals surface area contributed by atoms with Crippen molar-refractivity contribution in [2.24, 2.45) is 0 Å². The standard InChI is InChI=1S/C29H30N2O4/c1-5-16-35-23-14-13-22(17-19(23)4)27(32)25-26(21-11-9-20(10-12-21)18(2)3)31(29(34)28(25)33)24-8-6-7-15-30-24/h6-15,17-18,26,32H,5,16H2,1-4H3/b27-25-. The Kier molecular flexibility index (Phi) is 7.01. The molecule has 1 fully saturated rings. The summed E-state index contributed by atoms with van der Waals surface area (Å²) >= 11 is 0. The summed E-state index contributed by atoms with van der Waals surface area (Å²) in [6.45, 7) is 8.71. The molecule has 1 saturated heterocycles. The Morgan fingerprint density at radius 1 is 1.09 bits per heavy atom. The second-order valence-electron chi connectivity index (χ2n) is 9.01. The predicted molar refractivity (Wildman–Crippen MR) is 137 cm³/mol. The normalized spacial score (nSPS) is 17.3. The lowest BCUT2D eigenvalue weighted by Crippen LogP contribution is -2.30. The number of aromatic nitrogens is 1. The molecule has 1 aliphatic rings. The van der Waals surface area contributed by atoms with E-state index in [1.54, 1.807) is 42.6 Å². The zero-order chi connectivity index (χ0) is 25.1. The van der Waals surface area contributed by atoms with Crippen molar-refractivity contribution in [2.75, 3.05) is 11.5 Å². The van der Waals surface area contributed by atoms with Gasteiger partial charge in [-0.2, -0.15) is 0 Å². The summed E-state index contributed by atoms with van der Waals surface area (Å²) < 4.78 is 5.74. The van der Waals surface area contributed by atoms with Crippen LogP contribution in [-0.2, 0) is 9.59 Å². The molecule has 0 aliphatic carbocycles. The van der Waals surface area contributed by atoms with Crippen molar-refractivity contribution in [3.8, 4) is 5.75 Å². The highest BCUT2D eigenvalue weighted by atomic mass is 16.5. The summed E-state index contributed by atoms with van der Waals surface area (Å²) in [6, 6.07) is 17.4. The number of nitrogens with zero attached hydrogens (tertiary/aromatic N) is 2. The van der Waals surface area contributed by atoms with Gasteiger partial charge in [-0.25, -0.2) is 4.98 Å². The van der Waals surface area contributed by atoms with Gasteiger partial charge >= 0.3 is 5.91 Å². The van der Waals surface area contributed by atoms with Gasteiger partial charge in [0.1, 0.15) is 17.3 Å². The zero-order valence-electron chi connectivity index (χ0n) is 20.5. The van der Waals surface area contributed by atoms with Crippen molar-refractivity contribution in [3.05, 3.63) is 94.7 Å². The molecule has 6 heteroatoms. The summed E-state index contributed by atoms with van der Waals surface area (Å²) in [5.74, 6) is -0.269. The van der Waals surface area contributed by atoms with Gasteiger partial charge in [0.25, 0.3) is 5.78 Å². The maximum absolute atomic E-state index is 13.3. The molecule has 3 aromatic rings. The fourth-order valence-corrected chi connectivity index (χ4v) is 4.27. The van der Waals surface area contributed by atoms with Crippen LogP contribution in [0.1, 0.15) is 61.4 Å². The molecule has 1 N–H and O–H groups in total. The number of amides is 1. The molecular weight excluding hydrogens is 440 g/mol. The van der Waals surface area contributed by atoms with Crippen LogP contribution in [-0.4, -0.2) is 28.4 Å². The monoisotopic (exact) mass is 470 g/mol. The summed E-state index contributed by atoms with van der Waals surface area (Å²) in [5.41, 5.74) is 3.19. The molecule has 6 nitrogen and oxygen atoms in total. The van der Waals surface area contributed by atoms with Crippen LogP contribution in [0.3, 0.4) is 0 Å². The Balaban J connectivity index is 1.86. The summed E-state index contributed by atoms with van der Waals surface area (Å²) in [7, 11) is 0. The van der Waals surface area contributed by atoms with Crippen molar-refractivity contribution in [1.29, 1.82) is 0 Å². The number of anilines is 1. The molecule has 1 aliphatic heterocycles. The minimum Gasteiger partial charge on any atom is -0.507 e. The summed E-state index contributed by atoms with van der Waals surface area (Å²) in [6.07, 6.45) is 2.46. The number of aryl methyl sites for hydroxylation is 1. The molecule has 1 unspecified atom stereocenters. The van der Waals surface area contributed by atoms with Crippen LogP contribution < -0.4 is 9.64 Å². The van der Waals surface area contributed by atoms with Crippen LogP contribution in [0.4, 0.5) is 5.82 Å². The van der Waals surface area contributed by atoms with E-state index >= 15 is 0 Å². The van der Waals surface area contributed by atoms with Crippen LogP contribution in [0.25, 0.3) is 5.76 Å². The first-order valence-electron chi connectivity index (χ1n) is 11.9. The number of aliphatic hydroxyl groups is 1. The summed E-state index contributed by atoms with van der Waals surface area (Å²) in [5, 5.41) is 11.4. The number of hydrogen-bond acceptors (Lipinski definition) is 5. The number of carbonyl (C=O) groups is 2.